The molecule has 1 saturated heterocycles. The maximum absolute atomic E-state index is 13.3. The highest BCUT2D eigenvalue weighted by atomic mass is 19.4. The standard InChI is InChI=1S/C17H23F5N2/c1-12(2)13-3-4-14(15(9-13)17(20,21)22)10-23-5-7-24(8-6-23)11-16(18)19/h3-4,9,12,16H,5-8,10-11H2,1-2H3. The summed E-state index contributed by atoms with van der Waals surface area (Å²) in [6.07, 6.45) is -6.77. The minimum Gasteiger partial charge on any atom is -0.297 e. The molecule has 0 aliphatic carbocycles. The molecule has 24 heavy (non-hydrogen) atoms. The summed E-state index contributed by atoms with van der Waals surface area (Å²) < 4.78 is 64.8. The first-order chi connectivity index (χ1) is 11.2. The quantitative estimate of drug-likeness (QED) is 0.734. The predicted octanol–water partition coefficient (Wildman–Crippen LogP) is 4.21. The zero-order chi connectivity index (χ0) is 17.9. The van der Waals surface area contributed by atoms with Crippen molar-refractivity contribution in [3.63, 3.8) is 0 Å². The molecule has 2 nitrogen and oxygen atoms in total. The van der Waals surface area contributed by atoms with Crippen LogP contribution in [0.25, 0.3) is 0 Å². The van der Waals surface area contributed by atoms with E-state index in [1.54, 1.807) is 17.0 Å². The number of benzene rings is 1. The Labute approximate surface area is 139 Å². The molecule has 0 saturated carbocycles. The average molecular weight is 350 g/mol. The highest BCUT2D eigenvalue weighted by Crippen LogP contribution is 2.34. The fraction of sp³-hybridized carbons (Fsp3) is 0.647. The lowest BCUT2D eigenvalue weighted by atomic mass is 9.96. The van der Waals surface area contributed by atoms with Gasteiger partial charge >= 0.3 is 6.18 Å². The molecule has 2 rings (SSSR count). The third-order valence-electron chi connectivity index (χ3n) is 4.36. The molecular formula is C17H23F5N2. The molecule has 136 valence electrons. The van der Waals surface area contributed by atoms with Crippen molar-refractivity contribution >= 4 is 0 Å². The van der Waals surface area contributed by atoms with E-state index >= 15 is 0 Å². The summed E-state index contributed by atoms with van der Waals surface area (Å²) in [5.41, 5.74) is 0.311. The van der Waals surface area contributed by atoms with Crippen LogP contribution in [0, 0.1) is 0 Å². The summed E-state index contributed by atoms with van der Waals surface area (Å²) in [6, 6.07) is 4.51. The summed E-state index contributed by atoms with van der Waals surface area (Å²) in [4.78, 5) is 3.54. The molecule has 0 N–H and O–H groups in total. The molecule has 0 radical (unpaired) electrons. The van der Waals surface area contributed by atoms with Crippen LogP contribution in [0.3, 0.4) is 0 Å². The number of hydrogen-bond acceptors (Lipinski definition) is 2. The molecule has 1 aliphatic heterocycles. The van der Waals surface area contributed by atoms with Gasteiger partial charge in [0.05, 0.1) is 12.1 Å². The number of rotatable bonds is 5. The zero-order valence-electron chi connectivity index (χ0n) is 13.9. The minimum absolute atomic E-state index is 0.0260. The van der Waals surface area contributed by atoms with Gasteiger partial charge in [-0.05, 0) is 23.1 Å². The molecular weight excluding hydrogens is 327 g/mol. The number of alkyl halides is 5. The van der Waals surface area contributed by atoms with E-state index < -0.39 is 18.2 Å². The van der Waals surface area contributed by atoms with E-state index in [1.807, 2.05) is 18.7 Å². The molecule has 0 spiro atoms. The van der Waals surface area contributed by atoms with E-state index in [0.717, 1.165) is 0 Å². The van der Waals surface area contributed by atoms with Crippen molar-refractivity contribution in [2.45, 2.75) is 38.9 Å². The second-order valence-electron chi connectivity index (χ2n) is 6.54. The second kappa shape index (κ2) is 7.78. The second-order valence-corrected chi connectivity index (χ2v) is 6.54. The lowest BCUT2D eigenvalue weighted by Gasteiger charge is -2.35. The Balaban J connectivity index is 2.07. The van der Waals surface area contributed by atoms with Gasteiger partial charge in [0, 0.05) is 32.7 Å². The van der Waals surface area contributed by atoms with Crippen LogP contribution in [-0.4, -0.2) is 48.9 Å². The Morgan fingerprint density at radius 3 is 2.08 bits per heavy atom. The van der Waals surface area contributed by atoms with Crippen molar-refractivity contribution in [3.05, 3.63) is 34.9 Å². The van der Waals surface area contributed by atoms with E-state index in [0.29, 0.717) is 31.7 Å². The topological polar surface area (TPSA) is 6.48 Å². The van der Waals surface area contributed by atoms with Crippen molar-refractivity contribution in [1.29, 1.82) is 0 Å². The third kappa shape index (κ3) is 5.14. The van der Waals surface area contributed by atoms with Crippen molar-refractivity contribution < 1.29 is 22.0 Å². The van der Waals surface area contributed by atoms with Crippen molar-refractivity contribution in [2.75, 3.05) is 32.7 Å². The summed E-state index contributed by atoms with van der Waals surface area (Å²) in [6.45, 7) is 5.53. The molecule has 0 atom stereocenters. The zero-order valence-corrected chi connectivity index (χ0v) is 13.9. The maximum Gasteiger partial charge on any atom is 0.416 e. The van der Waals surface area contributed by atoms with Crippen molar-refractivity contribution in [1.82, 2.24) is 9.80 Å². The Morgan fingerprint density at radius 1 is 1.00 bits per heavy atom. The maximum atomic E-state index is 13.3. The Hall–Kier alpha value is -1.21. The van der Waals surface area contributed by atoms with E-state index in [2.05, 4.69) is 0 Å². The molecule has 0 unspecified atom stereocenters. The third-order valence-corrected chi connectivity index (χ3v) is 4.36. The molecule has 1 heterocycles. The van der Waals surface area contributed by atoms with Gasteiger partial charge in [0.2, 0.25) is 0 Å². The predicted molar refractivity (Wildman–Crippen MR) is 83.3 cm³/mol. The van der Waals surface area contributed by atoms with Gasteiger partial charge < -0.3 is 0 Å². The number of piperazine rings is 1. The molecule has 0 aromatic heterocycles. The smallest absolute Gasteiger partial charge is 0.297 e. The average Bonchev–Trinajstić information content (AvgIpc) is 2.48. The normalized spacial score (nSPS) is 17.9. The van der Waals surface area contributed by atoms with Crippen LogP contribution in [0.5, 0.6) is 0 Å². The molecule has 7 heteroatoms. The van der Waals surface area contributed by atoms with Crippen LogP contribution in [0.15, 0.2) is 18.2 Å². The lowest BCUT2D eigenvalue weighted by Crippen LogP contribution is -2.47. The first-order valence-corrected chi connectivity index (χ1v) is 8.09. The number of nitrogens with zero attached hydrogens (tertiary/aromatic N) is 2. The SMILES string of the molecule is CC(C)c1ccc(CN2CCN(CC(F)F)CC2)c(C(F)(F)F)c1. The van der Waals surface area contributed by atoms with Gasteiger partial charge in [-0.2, -0.15) is 13.2 Å². The largest absolute Gasteiger partial charge is 0.416 e. The van der Waals surface area contributed by atoms with E-state index in [-0.39, 0.29) is 24.6 Å². The summed E-state index contributed by atoms with van der Waals surface area (Å²) in [7, 11) is 0. The van der Waals surface area contributed by atoms with Gasteiger partial charge in [0.1, 0.15) is 0 Å². The summed E-state index contributed by atoms with van der Waals surface area (Å²) >= 11 is 0. The van der Waals surface area contributed by atoms with Crippen LogP contribution in [-0.2, 0) is 12.7 Å². The fourth-order valence-corrected chi connectivity index (χ4v) is 2.92. The number of halogens is 5. The summed E-state index contributed by atoms with van der Waals surface area (Å²) in [5, 5.41) is 0. The first-order valence-electron chi connectivity index (χ1n) is 8.09. The minimum atomic E-state index is -4.39. The molecule has 0 bridgehead atoms. The van der Waals surface area contributed by atoms with Crippen LogP contribution < -0.4 is 0 Å². The molecule has 1 fully saturated rings. The van der Waals surface area contributed by atoms with Crippen LogP contribution in [0.1, 0.15) is 36.5 Å². The van der Waals surface area contributed by atoms with Gasteiger partial charge in [-0.15, -0.1) is 0 Å². The highest BCUT2D eigenvalue weighted by Gasteiger charge is 2.34. The fourth-order valence-electron chi connectivity index (χ4n) is 2.92. The number of hydrogen-bond donors (Lipinski definition) is 0. The molecule has 1 aromatic rings. The highest BCUT2D eigenvalue weighted by molar-refractivity contribution is 5.35. The van der Waals surface area contributed by atoms with Crippen molar-refractivity contribution in [2.24, 2.45) is 0 Å². The Kier molecular flexibility index (Phi) is 6.20. The van der Waals surface area contributed by atoms with E-state index in [4.69, 9.17) is 0 Å². The van der Waals surface area contributed by atoms with Gasteiger partial charge in [0.25, 0.3) is 6.43 Å². The lowest BCUT2D eigenvalue weighted by molar-refractivity contribution is -0.138. The van der Waals surface area contributed by atoms with Crippen LogP contribution in [0.2, 0.25) is 0 Å². The molecule has 1 aromatic carbocycles. The van der Waals surface area contributed by atoms with Crippen LogP contribution in [0.4, 0.5) is 22.0 Å². The molecule has 1 aliphatic rings. The monoisotopic (exact) mass is 350 g/mol. The Bertz CT molecular complexity index is 534. The summed E-state index contributed by atoms with van der Waals surface area (Å²) in [5.74, 6) is 0.0260. The Morgan fingerprint density at radius 2 is 1.58 bits per heavy atom. The van der Waals surface area contributed by atoms with Crippen LogP contribution >= 0.6 is 0 Å². The first kappa shape index (κ1) is 19.1. The molecule has 0 amide bonds. The van der Waals surface area contributed by atoms with E-state index in [1.165, 1.54) is 6.07 Å². The van der Waals surface area contributed by atoms with Gasteiger partial charge in [-0.3, -0.25) is 9.80 Å². The van der Waals surface area contributed by atoms with Gasteiger partial charge in [0.15, 0.2) is 0 Å². The van der Waals surface area contributed by atoms with Gasteiger partial charge in [-0.1, -0.05) is 26.0 Å². The van der Waals surface area contributed by atoms with Crippen molar-refractivity contribution in [3.8, 4) is 0 Å². The van der Waals surface area contributed by atoms with Gasteiger partial charge in [-0.25, -0.2) is 8.78 Å². The van der Waals surface area contributed by atoms with E-state index in [9.17, 15) is 22.0 Å².